The minimum absolute atomic E-state index is 0.0393. The van der Waals surface area contributed by atoms with E-state index >= 15 is 0 Å². The van der Waals surface area contributed by atoms with Crippen molar-refractivity contribution in [2.75, 3.05) is 13.1 Å². The lowest BCUT2D eigenvalue weighted by atomic mass is 9.86. The Morgan fingerprint density at radius 3 is 2.47 bits per heavy atom. The summed E-state index contributed by atoms with van der Waals surface area (Å²) >= 11 is 1.59. The van der Waals surface area contributed by atoms with Crippen LogP contribution in [0.4, 0.5) is 0 Å². The Balaban J connectivity index is 1.26. The van der Waals surface area contributed by atoms with Crippen LogP contribution < -0.4 is 10.6 Å². The van der Waals surface area contributed by atoms with E-state index in [1.54, 1.807) is 35.6 Å². The molecular formula is C37H44N4O3S. The molecule has 2 amide bonds. The van der Waals surface area contributed by atoms with Crippen LogP contribution in [0.5, 0.6) is 0 Å². The van der Waals surface area contributed by atoms with Crippen molar-refractivity contribution in [1.29, 1.82) is 0 Å². The van der Waals surface area contributed by atoms with Crippen LogP contribution in [0.25, 0.3) is 0 Å². The third-order valence-electron chi connectivity index (χ3n) is 8.36. The number of carbonyl (C=O) groups is 2. The smallest absolute Gasteiger partial charge is 0.254 e. The first-order valence-electron chi connectivity index (χ1n) is 15.7. The van der Waals surface area contributed by atoms with Crippen molar-refractivity contribution in [3.05, 3.63) is 123 Å². The number of rotatable bonds is 11. The highest BCUT2D eigenvalue weighted by atomic mass is 32.1. The Morgan fingerprint density at radius 2 is 1.73 bits per heavy atom. The molecule has 0 saturated carbocycles. The molecule has 3 N–H and O–H groups in total. The van der Waals surface area contributed by atoms with Gasteiger partial charge in [-0.1, -0.05) is 81.4 Å². The van der Waals surface area contributed by atoms with Gasteiger partial charge in [0.05, 0.1) is 18.2 Å². The molecule has 1 fully saturated rings. The van der Waals surface area contributed by atoms with Gasteiger partial charge in [0, 0.05) is 41.8 Å². The fraction of sp³-hybridized carbons (Fsp3) is 0.378. The summed E-state index contributed by atoms with van der Waals surface area (Å²) in [7, 11) is 0. The first kappa shape index (κ1) is 32.5. The van der Waals surface area contributed by atoms with Gasteiger partial charge in [0.2, 0.25) is 0 Å². The van der Waals surface area contributed by atoms with Gasteiger partial charge in [-0.25, -0.2) is 4.98 Å². The number of nitrogens with zero attached hydrogens (tertiary/aromatic N) is 2. The second-order valence-corrected chi connectivity index (χ2v) is 13.9. The Bertz CT molecular complexity index is 1600. The minimum Gasteiger partial charge on any atom is -0.390 e. The number of hydrogen-bond donors (Lipinski definition) is 3. The molecule has 5 rings (SSSR count). The van der Waals surface area contributed by atoms with Crippen LogP contribution >= 0.6 is 11.3 Å². The highest BCUT2D eigenvalue weighted by Crippen LogP contribution is 2.35. The zero-order chi connectivity index (χ0) is 32.0. The zero-order valence-electron chi connectivity index (χ0n) is 26.6. The van der Waals surface area contributed by atoms with Crippen LogP contribution in [-0.2, 0) is 18.4 Å². The minimum atomic E-state index is -0.836. The predicted octanol–water partition coefficient (Wildman–Crippen LogP) is 6.22. The third kappa shape index (κ3) is 8.45. The molecule has 2 heterocycles. The van der Waals surface area contributed by atoms with Gasteiger partial charge >= 0.3 is 0 Å². The summed E-state index contributed by atoms with van der Waals surface area (Å²) in [5, 5.41) is 20.7. The summed E-state index contributed by atoms with van der Waals surface area (Å²) in [5.74, 6) is -0.420. The van der Waals surface area contributed by atoms with E-state index in [1.165, 1.54) is 5.56 Å². The van der Waals surface area contributed by atoms with Crippen molar-refractivity contribution >= 4 is 23.2 Å². The molecule has 0 bridgehead atoms. The lowest BCUT2D eigenvalue weighted by Crippen LogP contribution is -2.48. The molecule has 3 atom stereocenters. The highest BCUT2D eigenvalue weighted by Gasteiger charge is 2.33. The molecular weight excluding hydrogens is 580 g/mol. The van der Waals surface area contributed by atoms with Crippen LogP contribution in [0.1, 0.15) is 87.8 Å². The van der Waals surface area contributed by atoms with E-state index in [0.717, 1.165) is 34.7 Å². The molecule has 0 radical (unpaired) electrons. The summed E-state index contributed by atoms with van der Waals surface area (Å²) in [6.45, 7) is 10.1. The standard InChI is InChI=1S/C37H44N4O3S/c1-25-24-45-35(39-25)32-17-10-18-41(32)36(44)29-15-9-14-28(21-29)34(43)40-31(20-26-11-6-5-7-12-26)33(42)23-38-22-27-13-8-16-30(19-27)37(2,3)4/h5-9,11-16,19,21,24,31-33,38,42H,10,17-18,20,22-23H2,1-4H3,(H,40,43)/t31-,32?,33+/m0/s1. The average molecular weight is 625 g/mol. The Kier molecular flexibility index (Phi) is 10.5. The molecule has 1 aliphatic rings. The molecule has 1 aromatic heterocycles. The Hall–Kier alpha value is -3.85. The van der Waals surface area contributed by atoms with Gasteiger partial charge < -0.3 is 20.6 Å². The predicted molar refractivity (Wildman–Crippen MR) is 181 cm³/mol. The van der Waals surface area contributed by atoms with Gasteiger partial charge in [0.15, 0.2) is 0 Å². The molecule has 1 unspecified atom stereocenters. The molecule has 1 saturated heterocycles. The zero-order valence-corrected chi connectivity index (χ0v) is 27.4. The van der Waals surface area contributed by atoms with Crippen LogP contribution in [0.2, 0.25) is 0 Å². The number of amides is 2. The van der Waals surface area contributed by atoms with Gasteiger partial charge in [-0.2, -0.15) is 0 Å². The molecule has 3 aromatic carbocycles. The van der Waals surface area contributed by atoms with Crippen molar-refractivity contribution in [3.8, 4) is 0 Å². The van der Waals surface area contributed by atoms with Crippen molar-refractivity contribution in [3.63, 3.8) is 0 Å². The van der Waals surface area contributed by atoms with E-state index < -0.39 is 12.1 Å². The van der Waals surface area contributed by atoms with Crippen molar-refractivity contribution in [2.24, 2.45) is 0 Å². The normalized spacial score (nSPS) is 16.4. The summed E-state index contributed by atoms with van der Waals surface area (Å²) in [6, 6.07) is 24.6. The third-order valence-corrected chi connectivity index (χ3v) is 9.43. The van der Waals surface area contributed by atoms with Gasteiger partial charge in [0.25, 0.3) is 11.8 Å². The van der Waals surface area contributed by atoms with E-state index in [2.05, 4.69) is 60.7 Å². The van der Waals surface area contributed by atoms with Gasteiger partial charge in [-0.15, -0.1) is 11.3 Å². The average Bonchev–Trinajstić information content (AvgIpc) is 3.70. The fourth-order valence-electron chi connectivity index (χ4n) is 5.81. The molecule has 0 aliphatic carbocycles. The number of benzene rings is 3. The topological polar surface area (TPSA) is 94.6 Å². The maximum absolute atomic E-state index is 13.6. The number of aromatic nitrogens is 1. The SMILES string of the molecule is Cc1csc(C2CCCN2C(=O)c2cccc(C(=O)N[C@@H](Cc3ccccc3)[C@H](O)CNCc3cccc(C(C)(C)C)c3)c2)n1. The second kappa shape index (κ2) is 14.5. The van der Waals surface area contributed by atoms with E-state index in [-0.39, 0.29) is 23.3 Å². The number of likely N-dealkylation sites (tertiary alicyclic amines) is 1. The lowest BCUT2D eigenvalue weighted by Gasteiger charge is -2.26. The van der Waals surface area contributed by atoms with Gasteiger partial charge in [-0.05, 0) is 66.5 Å². The monoisotopic (exact) mass is 624 g/mol. The number of thiazole rings is 1. The molecule has 45 heavy (non-hydrogen) atoms. The number of aryl methyl sites for hydroxylation is 1. The van der Waals surface area contributed by atoms with E-state index in [9.17, 15) is 14.7 Å². The second-order valence-electron chi connectivity index (χ2n) is 13.0. The maximum atomic E-state index is 13.6. The van der Waals surface area contributed by atoms with Crippen LogP contribution in [-0.4, -0.2) is 52.0 Å². The summed E-state index contributed by atoms with van der Waals surface area (Å²) < 4.78 is 0. The number of aliphatic hydroxyl groups excluding tert-OH is 1. The van der Waals surface area contributed by atoms with E-state index in [4.69, 9.17) is 0 Å². The van der Waals surface area contributed by atoms with Crippen molar-refractivity contribution in [2.45, 2.75) is 77.1 Å². The van der Waals surface area contributed by atoms with Crippen LogP contribution in [0.3, 0.4) is 0 Å². The van der Waals surface area contributed by atoms with Crippen molar-refractivity contribution in [1.82, 2.24) is 20.5 Å². The summed E-state index contributed by atoms with van der Waals surface area (Å²) in [5.41, 5.74) is 5.30. The van der Waals surface area contributed by atoms with Gasteiger partial charge in [-0.3, -0.25) is 9.59 Å². The van der Waals surface area contributed by atoms with E-state index in [0.29, 0.717) is 37.2 Å². The number of aliphatic hydroxyl groups is 1. The quantitative estimate of drug-likeness (QED) is 0.184. The first-order valence-corrected chi connectivity index (χ1v) is 16.6. The van der Waals surface area contributed by atoms with Crippen LogP contribution in [0, 0.1) is 6.92 Å². The first-order chi connectivity index (χ1) is 21.6. The summed E-state index contributed by atoms with van der Waals surface area (Å²) in [6.07, 6.45) is 1.44. The van der Waals surface area contributed by atoms with Crippen LogP contribution in [0.15, 0.2) is 84.2 Å². The summed E-state index contributed by atoms with van der Waals surface area (Å²) in [4.78, 5) is 33.7. The Labute approximate surface area is 270 Å². The molecule has 0 spiro atoms. The maximum Gasteiger partial charge on any atom is 0.254 e. The molecule has 7 nitrogen and oxygen atoms in total. The number of hydrogen-bond acceptors (Lipinski definition) is 6. The van der Waals surface area contributed by atoms with Crippen molar-refractivity contribution < 1.29 is 14.7 Å². The number of carbonyl (C=O) groups excluding carboxylic acids is 2. The van der Waals surface area contributed by atoms with E-state index in [1.807, 2.05) is 47.5 Å². The molecule has 236 valence electrons. The Morgan fingerprint density at radius 1 is 1.00 bits per heavy atom. The van der Waals surface area contributed by atoms with Gasteiger partial charge in [0.1, 0.15) is 5.01 Å². The fourth-order valence-corrected chi connectivity index (χ4v) is 6.75. The molecule has 1 aliphatic heterocycles. The molecule has 4 aromatic rings. The lowest BCUT2D eigenvalue weighted by molar-refractivity contribution is 0.0735. The highest BCUT2D eigenvalue weighted by molar-refractivity contribution is 7.09. The molecule has 8 heteroatoms. The number of nitrogens with one attached hydrogen (secondary N) is 2. The largest absolute Gasteiger partial charge is 0.390 e.